The lowest BCUT2D eigenvalue weighted by atomic mass is 10.1. The van der Waals surface area contributed by atoms with Crippen LogP contribution in [0.3, 0.4) is 0 Å². The molecule has 2 unspecified atom stereocenters. The van der Waals surface area contributed by atoms with Gasteiger partial charge in [-0.15, -0.1) is 0 Å². The van der Waals surface area contributed by atoms with Crippen LogP contribution in [0.2, 0.25) is 78.1 Å². The van der Waals surface area contributed by atoms with Gasteiger partial charge in [-0.1, -0.05) is 13.5 Å². The molecule has 0 rings (SSSR count). The SMILES string of the molecule is C=C(C)C(=O)OC(CC)[Si](O[SiH](O[Si](C)(C)C)O[Si](C)(C)C)(O[Si](C)(C)C)O[Si](C)(C)CCC(F)(F)C(F)(F)C(F)(F)F. The van der Waals surface area contributed by atoms with Crippen molar-refractivity contribution in [3.63, 3.8) is 0 Å². The molecule has 0 N–H and O–H groups in total. The predicted octanol–water partition coefficient (Wildman–Crippen LogP) is 8.10. The molecule has 2 atom stereocenters. The molecule has 0 aliphatic carbocycles. The van der Waals surface area contributed by atoms with E-state index in [2.05, 4.69) is 6.58 Å². The standard InChI is InChI=1S/C23H49F7O7Si6/c1-15-19(32-20(31)18(2)3)43(36-41(10,11)12,35-38(33-39(4,5)6)34-40(7,8)9)37-42(13,14)17-16-21(24,25)22(26,27)23(28,29)30/h19,38H,2,15-17H2,1,3-14H3. The Bertz CT molecular complexity index is 935. The lowest BCUT2D eigenvalue weighted by Crippen LogP contribution is -2.68. The molecule has 7 nitrogen and oxygen atoms in total. The Labute approximate surface area is 258 Å². The fourth-order valence-electron chi connectivity index (χ4n) is 3.38. The van der Waals surface area contributed by atoms with E-state index in [1.807, 2.05) is 39.3 Å². The van der Waals surface area contributed by atoms with Gasteiger partial charge in [0.15, 0.2) is 39.0 Å². The zero-order chi connectivity index (χ0) is 34.7. The van der Waals surface area contributed by atoms with Crippen LogP contribution in [0, 0.1) is 0 Å². The maximum Gasteiger partial charge on any atom is 0.515 e. The molecule has 0 aliphatic rings. The molecule has 0 aromatic rings. The van der Waals surface area contributed by atoms with E-state index in [0.29, 0.717) is 0 Å². The van der Waals surface area contributed by atoms with Crippen molar-refractivity contribution < 1.29 is 60.8 Å². The molecule has 0 saturated carbocycles. The first-order chi connectivity index (χ1) is 18.7. The average molecular weight is 739 g/mol. The van der Waals surface area contributed by atoms with Gasteiger partial charge in [-0.3, -0.25) is 0 Å². The van der Waals surface area contributed by atoms with Crippen LogP contribution in [0.5, 0.6) is 0 Å². The fraction of sp³-hybridized carbons (Fsp3) is 0.870. The quantitative estimate of drug-likeness (QED) is 0.0610. The summed E-state index contributed by atoms with van der Waals surface area (Å²) in [6, 6.07) is -0.820. The van der Waals surface area contributed by atoms with Gasteiger partial charge in [0.1, 0.15) is 0 Å². The van der Waals surface area contributed by atoms with Crippen LogP contribution >= 0.6 is 0 Å². The molecule has 0 radical (unpaired) electrons. The second-order valence-electron chi connectivity index (χ2n) is 13.9. The molecule has 0 aromatic carbocycles. The van der Waals surface area contributed by atoms with Crippen LogP contribution in [0.4, 0.5) is 30.7 Å². The minimum Gasteiger partial charge on any atom is -0.455 e. The number of hydrogen-bond donors (Lipinski definition) is 0. The summed E-state index contributed by atoms with van der Waals surface area (Å²) in [6.07, 6.45) is -8.18. The van der Waals surface area contributed by atoms with E-state index in [9.17, 15) is 35.5 Å². The monoisotopic (exact) mass is 738 g/mol. The summed E-state index contributed by atoms with van der Waals surface area (Å²) < 4.78 is 133. The van der Waals surface area contributed by atoms with Crippen molar-refractivity contribution in [1.82, 2.24) is 0 Å². The predicted molar refractivity (Wildman–Crippen MR) is 166 cm³/mol. The Morgan fingerprint density at radius 1 is 0.767 bits per heavy atom. The fourth-order valence-corrected chi connectivity index (χ4v) is 23.0. The topological polar surface area (TPSA) is 72.5 Å². The van der Waals surface area contributed by atoms with Gasteiger partial charge >= 0.3 is 42.3 Å². The van der Waals surface area contributed by atoms with Crippen molar-refractivity contribution in [2.24, 2.45) is 0 Å². The summed E-state index contributed by atoms with van der Waals surface area (Å²) in [7, 11) is -18.7. The molecule has 0 aliphatic heterocycles. The Kier molecular flexibility index (Phi) is 14.7. The van der Waals surface area contributed by atoms with Gasteiger partial charge in [0, 0.05) is 12.0 Å². The van der Waals surface area contributed by atoms with E-state index in [0.717, 1.165) is 0 Å². The minimum atomic E-state index is -6.45. The summed E-state index contributed by atoms with van der Waals surface area (Å²) in [5.41, 5.74) is -1.16. The maximum atomic E-state index is 14.3. The molecule has 256 valence electrons. The van der Waals surface area contributed by atoms with Crippen molar-refractivity contribution in [3.8, 4) is 0 Å². The molecule has 0 saturated heterocycles. The Hall–Kier alpha value is -0.179. The average Bonchev–Trinajstić information content (AvgIpc) is 2.70. The lowest BCUT2D eigenvalue weighted by molar-refractivity contribution is -0.354. The highest BCUT2D eigenvalue weighted by atomic mass is 28.5. The van der Waals surface area contributed by atoms with Gasteiger partial charge in [0.05, 0.1) is 0 Å². The molecule has 0 amide bonds. The highest BCUT2D eigenvalue weighted by Gasteiger charge is 2.72. The number of carbonyl (C=O) groups excluding carboxylic acids is 1. The summed E-state index contributed by atoms with van der Waals surface area (Å²) in [5.74, 6) is -12.5. The smallest absolute Gasteiger partial charge is 0.455 e. The third kappa shape index (κ3) is 14.4. The van der Waals surface area contributed by atoms with Crippen LogP contribution in [0.25, 0.3) is 0 Å². The van der Waals surface area contributed by atoms with Crippen LogP contribution < -0.4 is 0 Å². The van der Waals surface area contributed by atoms with E-state index in [1.54, 1.807) is 26.6 Å². The number of hydrogen-bond acceptors (Lipinski definition) is 7. The van der Waals surface area contributed by atoms with Crippen LogP contribution in [0.15, 0.2) is 12.2 Å². The first kappa shape index (κ1) is 42.8. The first-order valence-corrected chi connectivity index (χ1v) is 30.4. The Balaban J connectivity index is 7.07. The highest BCUT2D eigenvalue weighted by molar-refractivity contribution is 6.89. The summed E-state index contributed by atoms with van der Waals surface area (Å²) in [5, 5.41) is 0. The maximum absolute atomic E-state index is 14.3. The Morgan fingerprint density at radius 3 is 1.53 bits per heavy atom. The zero-order valence-corrected chi connectivity index (χ0v) is 33.6. The number of esters is 1. The van der Waals surface area contributed by atoms with Crippen LogP contribution in [-0.2, 0) is 30.1 Å². The zero-order valence-electron chi connectivity index (χ0n) is 27.5. The molecule has 20 heteroatoms. The van der Waals surface area contributed by atoms with Gasteiger partial charge in [0.2, 0.25) is 0 Å². The van der Waals surface area contributed by atoms with Gasteiger partial charge < -0.3 is 25.3 Å². The summed E-state index contributed by atoms with van der Waals surface area (Å²) in [6.45, 7) is 26.2. The summed E-state index contributed by atoms with van der Waals surface area (Å²) in [4.78, 5) is 12.7. The molecular weight excluding hydrogens is 690 g/mol. The van der Waals surface area contributed by atoms with Crippen molar-refractivity contribution in [2.45, 2.75) is 128 Å². The molecule has 0 bridgehead atoms. The highest BCUT2D eigenvalue weighted by Crippen LogP contribution is 2.49. The molecule has 0 spiro atoms. The van der Waals surface area contributed by atoms with E-state index in [-0.39, 0.29) is 12.0 Å². The molecule has 43 heavy (non-hydrogen) atoms. The van der Waals surface area contributed by atoms with Gasteiger partial charge in [0.25, 0.3) is 0 Å². The third-order valence-electron chi connectivity index (χ3n) is 5.25. The van der Waals surface area contributed by atoms with E-state index < -0.39 is 93.8 Å². The van der Waals surface area contributed by atoms with E-state index >= 15 is 0 Å². The van der Waals surface area contributed by atoms with E-state index in [4.69, 9.17) is 25.3 Å². The first-order valence-electron chi connectivity index (χ1n) is 13.8. The van der Waals surface area contributed by atoms with Crippen molar-refractivity contribution in [2.75, 3.05) is 0 Å². The number of carbonyl (C=O) groups is 1. The normalized spacial score (nSPS) is 16.7. The van der Waals surface area contributed by atoms with Crippen molar-refractivity contribution in [1.29, 1.82) is 0 Å². The number of rotatable bonds is 18. The number of halogens is 7. The largest absolute Gasteiger partial charge is 0.515 e. The van der Waals surface area contributed by atoms with Crippen molar-refractivity contribution >= 4 is 57.6 Å². The van der Waals surface area contributed by atoms with Gasteiger partial charge in [-0.05, 0) is 91.4 Å². The Morgan fingerprint density at radius 2 is 1.21 bits per heavy atom. The minimum absolute atomic E-state index is 0.0466. The lowest BCUT2D eigenvalue weighted by Gasteiger charge is -2.46. The number of alkyl halides is 7. The molecule has 0 fully saturated rings. The van der Waals surface area contributed by atoms with Crippen molar-refractivity contribution in [3.05, 3.63) is 12.2 Å². The summed E-state index contributed by atoms with van der Waals surface area (Å²) >= 11 is 0. The molecule has 0 heterocycles. The van der Waals surface area contributed by atoms with E-state index in [1.165, 1.54) is 20.0 Å². The second-order valence-corrected chi connectivity index (χ2v) is 37.5. The van der Waals surface area contributed by atoms with Gasteiger partial charge in [-0.2, -0.15) is 30.7 Å². The third-order valence-corrected chi connectivity index (χ3v) is 24.2. The van der Waals surface area contributed by atoms with Gasteiger partial charge in [-0.25, -0.2) is 4.79 Å². The van der Waals surface area contributed by atoms with Crippen LogP contribution in [0.1, 0.15) is 26.7 Å². The van der Waals surface area contributed by atoms with Crippen LogP contribution in [-0.4, -0.2) is 81.3 Å². The second kappa shape index (κ2) is 14.7. The number of ether oxygens (including phenoxy) is 1. The molecular formula is C23H49F7O7Si6. The molecule has 0 aromatic heterocycles.